The van der Waals surface area contributed by atoms with E-state index in [1.165, 1.54) is 41.4 Å². The van der Waals surface area contributed by atoms with Crippen LogP contribution in [-0.4, -0.2) is 37.3 Å². The topological polar surface area (TPSA) is 37.4 Å². The van der Waals surface area contributed by atoms with E-state index in [9.17, 15) is 0 Å². The molecule has 0 spiro atoms. The van der Waals surface area contributed by atoms with Crippen molar-refractivity contribution in [3.63, 3.8) is 0 Å². The molecular formula is C15H25N3OS. The minimum atomic E-state index is 0.443. The number of hydrogen-bond acceptors (Lipinski definition) is 5. The van der Waals surface area contributed by atoms with Crippen LogP contribution in [0, 0.1) is 0 Å². The lowest BCUT2D eigenvalue weighted by atomic mass is 9.97. The van der Waals surface area contributed by atoms with Gasteiger partial charge in [0.05, 0.1) is 31.0 Å². The Bertz CT molecular complexity index is 448. The average Bonchev–Trinajstić information content (AvgIpc) is 2.89. The molecule has 0 amide bonds. The largest absolute Gasteiger partial charge is 0.377 e. The molecule has 112 valence electrons. The van der Waals surface area contributed by atoms with Gasteiger partial charge in [-0.25, -0.2) is 4.98 Å². The highest BCUT2D eigenvalue weighted by molar-refractivity contribution is 7.15. The Morgan fingerprint density at radius 3 is 3.20 bits per heavy atom. The van der Waals surface area contributed by atoms with E-state index in [0.29, 0.717) is 12.1 Å². The zero-order chi connectivity index (χ0) is 13.9. The first-order valence-electron chi connectivity index (χ1n) is 7.87. The van der Waals surface area contributed by atoms with Crippen molar-refractivity contribution in [2.75, 3.05) is 31.2 Å². The number of ether oxygens (including phenoxy) is 1. The Balaban J connectivity index is 1.79. The predicted octanol–water partition coefficient (Wildman–Crippen LogP) is 2.75. The molecule has 4 nitrogen and oxygen atoms in total. The maximum Gasteiger partial charge on any atom is 0.186 e. The molecule has 20 heavy (non-hydrogen) atoms. The van der Waals surface area contributed by atoms with Crippen molar-refractivity contribution >= 4 is 16.5 Å². The van der Waals surface area contributed by atoms with E-state index in [-0.39, 0.29) is 0 Å². The molecule has 0 aromatic carbocycles. The first-order chi connectivity index (χ1) is 9.79. The van der Waals surface area contributed by atoms with Gasteiger partial charge < -0.3 is 15.0 Å². The van der Waals surface area contributed by atoms with Gasteiger partial charge in [-0.15, -0.1) is 11.3 Å². The Labute approximate surface area is 125 Å². The Hall–Kier alpha value is -0.650. The molecule has 3 rings (SSSR count). The molecule has 2 heterocycles. The third kappa shape index (κ3) is 2.85. The third-order valence-electron chi connectivity index (χ3n) is 4.20. The first-order valence-corrected chi connectivity index (χ1v) is 8.68. The molecule has 1 saturated heterocycles. The first kappa shape index (κ1) is 14.3. The highest BCUT2D eigenvalue weighted by Gasteiger charge is 2.28. The Morgan fingerprint density at radius 1 is 1.50 bits per heavy atom. The van der Waals surface area contributed by atoms with Crippen molar-refractivity contribution in [3.8, 4) is 0 Å². The molecule has 5 heteroatoms. The molecule has 2 atom stereocenters. The summed E-state index contributed by atoms with van der Waals surface area (Å²) in [7, 11) is 0. The molecule has 0 bridgehead atoms. The average molecular weight is 295 g/mol. The number of hydrogen-bond donors (Lipinski definition) is 1. The van der Waals surface area contributed by atoms with Crippen molar-refractivity contribution in [1.82, 2.24) is 10.3 Å². The van der Waals surface area contributed by atoms with Gasteiger partial charge in [0.15, 0.2) is 5.13 Å². The number of morpholine rings is 1. The van der Waals surface area contributed by atoms with Gasteiger partial charge in [0.2, 0.25) is 0 Å². The zero-order valence-electron chi connectivity index (χ0n) is 12.5. The van der Waals surface area contributed by atoms with Gasteiger partial charge >= 0.3 is 0 Å². The van der Waals surface area contributed by atoms with Crippen LogP contribution in [0.5, 0.6) is 0 Å². The predicted molar refractivity (Wildman–Crippen MR) is 83.7 cm³/mol. The molecule has 0 saturated carbocycles. The quantitative estimate of drug-likeness (QED) is 0.927. The van der Waals surface area contributed by atoms with Gasteiger partial charge in [0, 0.05) is 11.4 Å². The second kappa shape index (κ2) is 6.41. The van der Waals surface area contributed by atoms with Gasteiger partial charge in [0.25, 0.3) is 0 Å². The lowest BCUT2D eigenvalue weighted by Gasteiger charge is -2.32. The molecule has 0 radical (unpaired) electrons. The SMILES string of the molecule is CCCNC1CCCc2sc(N3CCOCC3C)nc21. The molecule has 1 aliphatic heterocycles. The number of nitrogens with one attached hydrogen (secondary N) is 1. The van der Waals surface area contributed by atoms with Crippen LogP contribution < -0.4 is 10.2 Å². The van der Waals surface area contributed by atoms with E-state index in [2.05, 4.69) is 24.1 Å². The summed E-state index contributed by atoms with van der Waals surface area (Å²) in [6, 6.07) is 0.915. The summed E-state index contributed by atoms with van der Waals surface area (Å²) in [6.45, 7) is 8.16. The van der Waals surface area contributed by atoms with Crippen LogP contribution in [0.15, 0.2) is 0 Å². The lowest BCUT2D eigenvalue weighted by Crippen LogP contribution is -2.43. The minimum absolute atomic E-state index is 0.443. The summed E-state index contributed by atoms with van der Waals surface area (Å²) in [5, 5.41) is 4.86. The molecule has 1 aromatic rings. The summed E-state index contributed by atoms with van der Waals surface area (Å²) in [4.78, 5) is 8.90. The van der Waals surface area contributed by atoms with Crippen LogP contribution in [-0.2, 0) is 11.2 Å². The number of rotatable bonds is 4. The highest BCUT2D eigenvalue weighted by atomic mass is 32.1. The normalized spacial score (nSPS) is 26.6. The summed E-state index contributed by atoms with van der Waals surface area (Å²) in [5.74, 6) is 0. The number of aromatic nitrogens is 1. The molecule has 1 aromatic heterocycles. The lowest BCUT2D eigenvalue weighted by molar-refractivity contribution is 0.0989. The highest BCUT2D eigenvalue weighted by Crippen LogP contribution is 2.37. The number of nitrogens with zero attached hydrogens (tertiary/aromatic N) is 2. The molecule has 2 aliphatic rings. The number of fused-ring (bicyclic) bond motifs is 1. The van der Waals surface area contributed by atoms with Crippen molar-refractivity contribution in [1.29, 1.82) is 0 Å². The van der Waals surface area contributed by atoms with Crippen LogP contribution >= 0.6 is 11.3 Å². The van der Waals surface area contributed by atoms with Crippen LogP contribution in [0.1, 0.15) is 49.7 Å². The van der Waals surface area contributed by atoms with Crippen LogP contribution in [0.3, 0.4) is 0 Å². The maximum atomic E-state index is 5.53. The second-order valence-electron chi connectivity index (χ2n) is 5.82. The van der Waals surface area contributed by atoms with Gasteiger partial charge in [-0.05, 0) is 39.2 Å². The molecule has 1 fully saturated rings. The van der Waals surface area contributed by atoms with Gasteiger partial charge in [-0.2, -0.15) is 0 Å². The molecule has 1 aliphatic carbocycles. The van der Waals surface area contributed by atoms with E-state index >= 15 is 0 Å². The minimum Gasteiger partial charge on any atom is -0.377 e. The van der Waals surface area contributed by atoms with Crippen molar-refractivity contribution < 1.29 is 4.74 Å². The van der Waals surface area contributed by atoms with E-state index in [0.717, 1.165) is 26.3 Å². The summed E-state index contributed by atoms with van der Waals surface area (Å²) in [5.41, 5.74) is 1.32. The smallest absolute Gasteiger partial charge is 0.186 e. The van der Waals surface area contributed by atoms with Gasteiger partial charge in [-0.3, -0.25) is 0 Å². The fourth-order valence-electron chi connectivity index (χ4n) is 3.06. The van der Waals surface area contributed by atoms with Crippen molar-refractivity contribution in [2.45, 2.75) is 51.6 Å². The summed E-state index contributed by atoms with van der Waals surface area (Å²) >= 11 is 1.90. The maximum absolute atomic E-state index is 5.53. The van der Waals surface area contributed by atoms with E-state index in [1.807, 2.05) is 11.3 Å². The standard InChI is InChI=1S/C15H25N3OS/c1-3-7-16-12-5-4-6-13-14(12)17-15(20-13)18-8-9-19-10-11(18)2/h11-12,16H,3-10H2,1-2H3. The van der Waals surface area contributed by atoms with Crippen LogP contribution in [0.25, 0.3) is 0 Å². The van der Waals surface area contributed by atoms with Crippen molar-refractivity contribution in [2.24, 2.45) is 0 Å². The molecule has 1 N–H and O–H groups in total. The van der Waals surface area contributed by atoms with Gasteiger partial charge in [0.1, 0.15) is 0 Å². The van der Waals surface area contributed by atoms with Crippen LogP contribution in [0.4, 0.5) is 5.13 Å². The van der Waals surface area contributed by atoms with Gasteiger partial charge in [-0.1, -0.05) is 6.92 Å². The summed E-state index contributed by atoms with van der Waals surface area (Å²) in [6.07, 6.45) is 4.91. The van der Waals surface area contributed by atoms with Crippen molar-refractivity contribution in [3.05, 3.63) is 10.6 Å². The van der Waals surface area contributed by atoms with E-state index < -0.39 is 0 Å². The number of anilines is 1. The zero-order valence-corrected chi connectivity index (χ0v) is 13.3. The van der Waals surface area contributed by atoms with E-state index in [1.54, 1.807) is 0 Å². The number of aryl methyl sites for hydroxylation is 1. The fraction of sp³-hybridized carbons (Fsp3) is 0.800. The van der Waals surface area contributed by atoms with Crippen LogP contribution in [0.2, 0.25) is 0 Å². The Kier molecular flexibility index (Phi) is 4.58. The second-order valence-corrected chi connectivity index (χ2v) is 6.88. The molecule has 2 unspecified atom stereocenters. The third-order valence-corrected chi connectivity index (χ3v) is 5.37. The monoisotopic (exact) mass is 295 g/mol. The fourth-order valence-corrected chi connectivity index (χ4v) is 4.35. The Morgan fingerprint density at radius 2 is 2.40 bits per heavy atom. The molecular weight excluding hydrogens is 270 g/mol. The summed E-state index contributed by atoms with van der Waals surface area (Å²) < 4.78 is 5.53. The number of thiazole rings is 1. The van der Waals surface area contributed by atoms with E-state index in [4.69, 9.17) is 9.72 Å².